The lowest BCUT2D eigenvalue weighted by atomic mass is 10.1. The molecule has 1 aliphatic heterocycles. The molecule has 0 spiro atoms. The number of nitrogens with zero attached hydrogens (tertiary/aromatic N) is 1. The van der Waals surface area contributed by atoms with Crippen LogP contribution in [0.4, 0.5) is 4.79 Å². The number of nitrogens with one attached hydrogen (secondary N) is 1. The Balaban J connectivity index is 2.34. The van der Waals surface area contributed by atoms with E-state index in [4.69, 9.17) is 9.84 Å². The summed E-state index contributed by atoms with van der Waals surface area (Å²) in [5.41, 5.74) is 0.483. The first kappa shape index (κ1) is 17.1. The zero-order valence-electron chi connectivity index (χ0n) is 12.0. The number of aliphatic carboxylic acids is 1. The van der Waals surface area contributed by atoms with Crippen molar-refractivity contribution in [2.75, 3.05) is 13.2 Å². The molecule has 8 nitrogen and oxygen atoms in total. The smallest absolute Gasteiger partial charge is 0.329 e. The third-order valence-electron chi connectivity index (χ3n) is 2.92. The molecule has 3 N–H and O–H groups in total. The van der Waals surface area contributed by atoms with Crippen molar-refractivity contribution in [3.05, 3.63) is 27.0 Å². The van der Waals surface area contributed by atoms with E-state index in [0.29, 0.717) is 20.6 Å². The number of carbonyl (C=O) groups is 3. The molecule has 1 saturated heterocycles. The van der Waals surface area contributed by atoms with Gasteiger partial charge in [0.2, 0.25) is 0 Å². The van der Waals surface area contributed by atoms with Crippen molar-refractivity contribution in [2.24, 2.45) is 0 Å². The number of benzene rings is 1. The van der Waals surface area contributed by atoms with Crippen molar-refractivity contribution in [2.45, 2.75) is 6.92 Å². The molecule has 1 fully saturated rings. The van der Waals surface area contributed by atoms with Crippen LogP contribution in [0, 0.1) is 3.57 Å². The number of rotatable bonds is 5. The minimum Gasteiger partial charge on any atom is -0.504 e. The molecule has 0 atom stereocenters. The number of imide groups is 1. The van der Waals surface area contributed by atoms with Gasteiger partial charge in [-0.1, -0.05) is 0 Å². The molecule has 1 aromatic rings. The molecule has 0 radical (unpaired) electrons. The van der Waals surface area contributed by atoms with Crippen molar-refractivity contribution in [1.29, 1.82) is 0 Å². The van der Waals surface area contributed by atoms with Gasteiger partial charge in [0.1, 0.15) is 12.2 Å². The van der Waals surface area contributed by atoms with E-state index < -0.39 is 24.5 Å². The van der Waals surface area contributed by atoms with Crippen LogP contribution < -0.4 is 10.1 Å². The fourth-order valence-electron chi connectivity index (χ4n) is 1.96. The molecule has 0 aliphatic carbocycles. The molecule has 0 unspecified atom stereocenters. The van der Waals surface area contributed by atoms with E-state index >= 15 is 0 Å². The molecule has 0 aromatic heterocycles. The average molecular weight is 432 g/mol. The van der Waals surface area contributed by atoms with E-state index in [1.165, 1.54) is 12.1 Å². The second kappa shape index (κ2) is 6.86. The first-order valence-corrected chi connectivity index (χ1v) is 7.63. The number of halogens is 1. The first-order chi connectivity index (χ1) is 10.8. The Hall–Kier alpha value is -2.30. The van der Waals surface area contributed by atoms with Gasteiger partial charge >= 0.3 is 12.0 Å². The number of carbonyl (C=O) groups excluding carboxylic acids is 2. The second-order valence-electron chi connectivity index (χ2n) is 4.56. The molecule has 3 amide bonds. The van der Waals surface area contributed by atoms with Crippen LogP contribution in [-0.4, -0.2) is 46.2 Å². The maximum Gasteiger partial charge on any atom is 0.329 e. The van der Waals surface area contributed by atoms with Gasteiger partial charge in [0.15, 0.2) is 11.5 Å². The van der Waals surface area contributed by atoms with E-state index in [2.05, 4.69) is 5.32 Å². The fourth-order valence-corrected chi connectivity index (χ4v) is 2.59. The molecule has 1 aliphatic rings. The highest BCUT2D eigenvalue weighted by molar-refractivity contribution is 14.1. The van der Waals surface area contributed by atoms with Crippen molar-refractivity contribution >= 4 is 46.6 Å². The maximum absolute atomic E-state index is 12.0. The highest BCUT2D eigenvalue weighted by atomic mass is 127. The number of carboxylic acid groups (broad SMARTS) is 1. The largest absolute Gasteiger partial charge is 0.504 e. The summed E-state index contributed by atoms with van der Waals surface area (Å²) in [6.45, 7) is 1.41. The van der Waals surface area contributed by atoms with Gasteiger partial charge in [-0.3, -0.25) is 9.59 Å². The summed E-state index contributed by atoms with van der Waals surface area (Å²) in [7, 11) is 0. The molecule has 1 heterocycles. The van der Waals surface area contributed by atoms with Crippen molar-refractivity contribution < 1.29 is 29.3 Å². The van der Waals surface area contributed by atoms with Crippen LogP contribution in [0.3, 0.4) is 0 Å². The number of aromatic hydroxyl groups is 1. The normalized spacial score (nSPS) is 15.9. The molecule has 0 bridgehead atoms. The zero-order chi connectivity index (χ0) is 17.1. The quantitative estimate of drug-likeness (QED) is 0.368. The maximum atomic E-state index is 12.0. The average Bonchev–Trinajstić information content (AvgIpc) is 2.72. The van der Waals surface area contributed by atoms with Crippen LogP contribution >= 0.6 is 22.6 Å². The lowest BCUT2D eigenvalue weighted by Gasteiger charge is -2.09. The van der Waals surface area contributed by atoms with Crippen LogP contribution in [0.5, 0.6) is 11.5 Å². The Labute approximate surface area is 144 Å². The topological polar surface area (TPSA) is 116 Å². The van der Waals surface area contributed by atoms with Gasteiger partial charge in [-0.2, -0.15) is 0 Å². The van der Waals surface area contributed by atoms with E-state index in [1.807, 2.05) is 22.6 Å². The molecule has 122 valence electrons. The summed E-state index contributed by atoms with van der Waals surface area (Å²) >= 11 is 1.91. The summed E-state index contributed by atoms with van der Waals surface area (Å²) in [6, 6.07) is 2.33. The van der Waals surface area contributed by atoms with Gasteiger partial charge in [0.05, 0.1) is 10.2 Å². The molecule has 1 aromatic carbocycles. The summed E-state index contributed by atoms with van der Waals surface area (Å²) in [6.07, 6.45) is 1.40. The standard InChI is InChI=1S/C14H13IN2O6/c1-2-23-10-5-7(3-8(15)12(10)20)4-9-13(21)17(6-11(18)19)14(22)16-9/h3-5,20H,2,6H2,1H3,(H,16,22)(H,18,19)/b9-4+. The molecule has 0 saturated carbocycles. The third kappa shape index (κ3) is 3.73. The molecule has 9 heteroatoms. The van der Waals surface area contributed by atoms with Gasteiger partial charge in [-0.05, 0) is 53.3 Å². The third-order valence-corrected chi connectivity index (χ3v) is 3.74. The van der Waals surface area contributed by atoms with Crippen LogP contribution in [0.15, 0.2) is 17.8 Å². The predicted molar refractivity (Wildman–Crippen MR) is 87.9 cm³/mol. The number of urea groups is 1. The molecular formula is C14H13IN2O6. The van der Waals surface area contributed by atoms with Gasteiger partial charge in [0, 0.05) is 0 Å². The summed E-state index contributed by atoms with van der Waals surface area (Å²) < 4.78 is 5.81. The monoisotopic (exact) mass is 432 g/mol. The van der Waals surface area contributed by atoms with E-state index in [1.54, 1.807) is 13.0 Å². The SMILES string of the molecule is CCOc1cc(/C=C2/NC(=O)N(CC(=O)O)C2=O)cc(I)c1O. The second-order valence-corrected chi connectivity index (χ2v) is 5.72. The van der Waals surface area contributed by atoms with Crippen LogP contribution in [0.25, 0.3) is 6.08 Å². The highest BCUT2D eigenvalue weighted by Gasteiger charge is 2.34. The van der Waals surface area contributed by atoms with E-state index in [9.17, 15) is 19.5 Å². The van der Waals surface area contributed by atoms with E-state index in [-0.39, 0.29) is 17.2 Å². The zero-order valence-corrected chi connectivity index (χ0v) is 14.2. The minimum atomic E-state index is -1.28. The van der Waals surface area contributed by atoms with Crippen molar-refractivity contribution in [3.63, 3.8) is 0 Å². The number of phenols is 1. The number of phenolic OH excluding ortho intramolecular Hbond substituents is 1. The Bertz CT molecular complexity index is 715. The van der Waals surface area contributed by atoms with Crippen molar-refractivity contribution in [1.82, 2.24) is 10.2 Å². The Morgan fingerprint density at radius 3 is 2.74 bits per heavy atom. The molecule has 23 heavy (non-hydrogen) atoms. The molecule has 2 rings (SSSR count). The number of hydrogen-bond donors (Lipinski definition) is 3. The van der Waals surface area contributed by atoms with Gasteiger partial charge in [-0.15, -0.1) is 0 Å². The van der Waals surface area contributed by atoms with Crippen molar-refractivity contribution in [3.8, 4) is 11.5 Å². The van der Waals surface area contributed by atoms with E-state index in [0.717, 1.165) is 0 Å². The van der Waals surface area contributed by atoms with Crippen LogP contribution in [-0.2, 0) is 9.59 Å². The number of ether oxygens (including phenoxy) is 1. The number of carboxylic acids is 1. The Kier molecular flexibility index (Phi) is 5.08. The van der Waals surface area contributed by atoms with Gasteiger partial charge in [-0.25, -0.2) is 9.69 Å². The number of hydrogen-bond acceptors (Lipinski definition) is 5. The van der Waals surface area contributed by atoms with Gasteiger partial charge < -0.3 is 20.3 Å². The minimum absolute atomic E-state index is 0.0103. The predicted octanol–water partition coefficient (Wildman–Crippen LogP) is 1.37. The summed E-state index contributed by atoms with van der Waals surface area (Å²) in [4.78, 5) is 35.0. The van der Waals surface area contributed by atoms with Crippen LogP contribution in [0.1, 0.15) is 12.5 Å². The summed E-state index contributed by atoms with van der Waals surface area (Å²) in [5.74, 6) is -1.76. The summed E-state index contributed by atoms with van der Waals surface area (Å²) in [5, 5.41) is 20.9. The molecular weight excluding hydrogens is 419 g/mol. The van der Waals surface area contributed by atoms with Crippen LogP contribution in [0.2, 0.25) is 0 Å². The highest BCUT2D eigenvalue weighted by Crippen LogP contribution is 2.33. The first-order valence-electron chi connectivity index (χ1n) is 6.55. The Morgan fingerprint density at radius 1 is 1.43 bits per heavy atom. The number of amides is 3. The Morgan fingerprint density at radius 2 is 2.13 bits per heavy atom. The van der Waals surface area contributed by atoms with Gasteiger partial charge in [0.25, 0.3) is 5.91 Å². The fraction of sp³-hybridized carbons (Fsp3) is 0.214. The lowest BCUT2D eigenvalue weighted by Crippen LogP contribution is -2.35. The lowest BCUT2D eigenvalue weighted by molar-refractivity contribution is -0.140.